The minimum atomic E-state index is -0.935. The quantitative estimate of drug-likeness (QED) is 0.684. The van der Waals surface area contributed by atoms with Gasteiger partial charge in [0.25, 0.3) is 0 Å². The van der Waals surface area contributed by atoms with Crippen molar-refractivity contribution in [2.45, 2.75) is 6.61 Å². The van der Waals surface area contributed by atoms with Crippen LogP contribution in [0.15, 0.2) is 35.1 Å². The lowest BCUT2D eigenvalue weighted by molar-refractivity contribution is 0.262. The maximum absolute atomic E-state index is 11.7. The second-order valence-corrected chi connectivity index (χ2v) is 4.04. The lowest BCUT2D eigenvalue weighted by Crippen LogP contribution is -2.29. The minimum absolute atomic E-state index is 0.321. The molecular weight excluding hydrogens is 249 g/mol. The zero-order valence-electron chi connectivity index (χ0n) is 9.79. The number of fused-ring (bicyclic) bond motifs is 1. The van der Waals surface area contributed by atoms with Gasteiger partial charge in [-0.15, -0.1) is 0 Å². The lowest BCUT2D eigenvalue weighted by Gasteiger charge is -2.07. The third-order valence-electron chi connectivity index (χ3n) is 2.75. The molecule has 2 heterocycles. The number of amides is 2. The van der Waals surface area contributed by atoms with Gasteiger partial charge in [0.05, 0.1) is 6.61 Å². The summed E-state index contributed by atoms with van der Waals surface area (Å²) in [5.41, 5.74) is 2.14. The van der Waals surface area contributed by atoms with Crippen molar-refractivity contribution in [3.05, 3.63) is 36.1 Å². The molecule has 0 bridgehead atoms. The Labute approximate surface area is 108 Å². The lowest BCUT2D eigenvalue weighted by atomic mass is 9.79. The SMILES string of the molecule is O=C(Nc1ccc2c(c1)B(O)OC2)Nc1ccon1. The van der Waals surface area contributed by atoms with Gasteiger partial charge in [-0.05, 0) is 23.2 Å². The number of rotatable bonds is 2. The monoisotopic (exact) mass is 259 g/mol. The molecule has 0 spiro atoms. The zero-order valence-corrected chi connectivity index (χ0v) is 9.79. The molecule has 0 radical (unpaired) electrons. The number of hydrogen-bond acceptors (Lipinski definition) is 5. The summed E-state index contributed by atoms with van der Waals surface area (Å²) in [5, 5.41) is 18.3. The van der Waals surface area contributed by atoms with Crippen molar-refractivity contribution in [1.82, 2.24) is 5.16 Å². The van der Waals surface area contributed by atoms with Crippen LogP contribution in [0.2, 0.25) is 0 Å². The van der Waals surface area contributed by atoms with E-state index in [4.69, 9.17) is 4.65 Å². The summed E-state index contributed by atoms with van der Waals surface area (Å²) in [5.74, 6) is 0.321. The van der Waals surface area contributed by atoms with Gasteiger partial charge in [0, 0.05) is 11.8 Å². The molecule has 1 aliphatic rings. The first-order chi connectivity index (χ1) is 9.22. The van der Waals surface area contributed by atoms with E-state index in [1.165, 1.54) is 12.3 Å². The number of anilines is 2. The fourth-order valence-electron chi connectivity index (χ4n) is 1.85. The van der Waals surface area contributed by atoms with Crippen LogP contribution in [0.1, 0.15) is 5.56 Å². The van der Waals surface area contributed by atoms with Gasteiger partial charge in [-0.2, -0.15) is 0 Å². The molecule has 2 amide bonds. The molecule has 0 aliphatic carbocycles. The highest BCUT2D eigenvalue weighted by Crippen LogP contribution is 2.14. The van der Waals surface area contributed by atoms with Crippen molar-refractivity contribution in [3.8, 4) is 0 Å². The van der Waals surface area contributed by atoms with Crippen LogP contribution in [0.25, 0.3) is 0 Å². The van der Waals surface area contributed by atoms with Crippen LogP contribution in [-0.2, 0) is 11.3 Å². The maximum atomic E-state index is 11.7. The number of benzene rings is 1. The summed E-state index contributed by atoms with van der Waals surface area (Å²) in [6.07, 6.45) is 1.36. The highest BCUT2D eigenvalue weighted by atomic mass is 16.5. The number of aromatic nitrogens is 1. The largest absolute Gasteiger partial charge is 0.491 e. The molecule has 7 nitrogen and oxygen atoms in total. The molecule has 0 atom stereocenters. The van der Waals surface area contributed by atoms with Gasteiger partial charge in [0.15, 0.2) is 5.82 Å². The van der Waals surface area contributed by atoms with Crippen LogP contribution in [0.4, 0.5) is 16.3 Å². The molecular formula is C11H10BN3O4. The topological polar surface area (TPSA) is 96.6 Å². The summed E-state index contributed by atoms with van der Waals surface area (Å²) in [4.78, 5) is 11.7. The number of urea groups is 1. The molecule has 8 heteroatoms. The van der Waals surface area contributed by atoms with Crippen molar-refractivity contribution in [3.63, 3.8) is 0 Å². The van der Waals surface area contributed by atoms with E-state index < -0.39 is 13.1 Å². The van der Waals surface area contributed by atoms with E-state index in [1.807, 2.05) is 0 Å². The second-order valence-electron chi connectivity index (χ2n) is 4.04. The van der Waals surface area contributed by atoms with Crippen LogP contribution in [-0.4, -0.2) is 23.3 Å². The molecule has 2 aromatic rings. The molecule has 0 fully saturated rings. The van der Waals surface area contributed by atoms with Crippen molar-refractivity contribution >= 4 is 30.1 Å². The Kier molecular flexibility index (Phi) is 2.94. The number of carbonyl (C=O) groups excluding carboxylic acids is 1. The Morgan fingerprint density at radius 3 is 3.05 bits per heavy atom. The van der Waals surface area contributed by atoms with E-state index in [0.29, 0.717) is 23.6 Å². The molecule has 0 saturated carbocycles. The van der Waals surface area contributed by atoms with Gasteiger partial charge in [0.2, 0.25) is 0 Å². The summed E-state index contributed by atoms with van der Waals surface area (Å²) in [6, 6.07) is 6.30. The van der Waals surface area contributed by atoms with Crippen molar-refractivity contribution in [2.75, 3.05) is 10.6 Å². The van der Waals surface area contributed by atoms with Crippen LogP contribution in [0.5, 0.6) is 0 Å². The van der Waals surface area contributed by atoms with E-state index >= 15 is 0 Å². The average molecular weight is 259 g/mol. The molecule has 96 valence electrons. The van der Waals surface area contributed by atoms with E-state index in [-0.39, 0.29) is 0 Å². The van der Waals surface area contributed by atoms with Crippen LogP contribution < -0.4 is 16.1 Å². The molecule has 3 rings (SSSR count). The van der Waals surface area contributed by atoms with Crippen molar-refractivity contribution in [1.29, 1.82) is 0 Å². The Bertz CT molecular complexity index is 602. The summed E-state index contributed by atoms with van der Waals surface area (Å²) < 4.78 is 9.67. The summed E-state index contributed by atoms with van der Waals surface area (Å²) in [7, 11) is -0.935. The third kappa shape index (κ3) is 2.44. The van der Waals surface area contributed by atoms with Gasteiger partial charge >= 0.3 is 13.1 Å². The van der Waals surface area contributed by atoms with Gasteiger partial charge in [-0.25, -0.2) is 4.79 Å². The molecule has 0 saturated heterocycles. The van der Waals surface area contributed by atoms with Gasteiger partial charge in [-0.3, -0.25) is 5.32 Å². The fourth-order valence-corrected chi connectivity index (χ4v) is 1.85. The van der Waals surface area contributed by atoms with Crippen molar-refractivity contribution < 1.29 is 19.0 Å². The standard InChI is InChI=1S/C11H10BN3O4/c16-11(14-10-3-4-19-15-10)13-8-2-1-7-6-18-12(17)9(7)5-8/h1-5,17H,6H2,(H2,13,14,15,16). The van der Waals surface area contributed by atoms with E-state index in [0.717, 1.165) is 5.56 Å². The van der Waals surface area contributed by atoms with E-state index in [2.05, 4.69) is 20.3 Å². The van der Waals surface area contributed by atoms with Crippen LogP contribution in [0.3, 0.4) is 0 Å². The summed E-state index contributed by atoms with van der Waals surface area (Å²) >= 11 is 0. The smallest absolute Gasteiger partial charge is 0.423 e. The molecule has 0 unspecified atom stereocenters. The van der Waals surface area contributed by atoms with Crippen LogP contribution >= 0.6 is 0 Å². The second kappa shape index (κ2) is 4.75. The van der Waals surface area contributed by atoms with Crippen molar-refractivity contribution in [2.24, 2.45) is 0 Å². The van der Waals surface area contributed by atoms with Gasteiger partial charge < -0.3 is 19.5 Å². The highest BCUT2D eigenvalue weighted by molar-refractivity contribution is 6.61. The minimum Gasteiger partial charge on any atom is -0.423 e. The summed E-state index contributed by atoms with van der Waals surface area (Å²) in [6.45, 7) is 0.377. The molecule has 1 aromatic heterocycles. The average Bonchev–Trinajstić information content (AvgIpc) is 3.00. The molecule has 3 N–H and O–H groups in total. The first-order valence-corrected chi connectivity index (χ1v) is 5.63. The van der Waals surface area contributed by atoms with E-state index in [1.54, 1.807) is 18.2 Å². The normalized spacial score (nSPS) is 13.2. The Hall–Kier alpha value is -2.32. The number of hydrogen-bond donors (Lipinski definition) is 3. The Morgan fingerprint density at radius 1 is 1.37 bits per heavy atom. The first-order valence-electron chi connectivity index (χ1n) is 5.63. The fraction of sp³-hybridized carbons (Fsp3) is 0.0909. The number of carbonyl (C=O) groups is 1. The number of nitrogens with one attached hydrogen (secondary N) is 2. The highest BCUT2D eigenvalue weighted by Gasteiger charge is 2.27. The molecule has 1 aliphatic heterocycles. The number of nitrogens with zero attached hydrogens (tertiary/aromatic N) is 1. The third-order valence-corrected chi connectivity index (χ3v) is 2.75. The van der Waals surface area contributed by atoms with E-state index in [9.17, 15) is 9.82 Å². The maximum Gasteiger partial charge on any atom is 0.491 e. The first kappa shape index (κ1) is 11.8. The predicted octanol–water partition coefficient (Wildman–Crippen LogP) is 0.536. The predicted molar refractivity (Wildman–Crippen MR) is 68.0 cm³/mol. The Balaban J connectivity index is 1.70. The van der Waals surface area contributed by atoms with Crippen LogP contribution in [0, 0.1) is 0 Å². The zero-order chi connectivity index (χ0) is 13.2. The van der Waals surface area contributed by atoms with Gasteiger partial charge in [-0.1, -0.05) is 11.2 Å². The Morgan fingerprint density at radius 2 is 2.26 bits per heavy atom. The molecule has 1 aromatic carbocycles. The molecule has 19 heavy (non-hydrogen) atoms. The van der Waals surface area contributed by atoms with Gasteiger partial charge in [0.1, 0.15) is 6.26 Å².